The van der Waals surface area contributed by atoms with E-state index in [1.807, 2.05) is 18.2 Å². The Morgan fingerprint density at radius 2 is 1.82 bits per heavy atom. The molecule has 1 saturated heterocycles. The van der Waals surface area contributed by atoms with Crippen LogP contribution in [0.1, 0.15) is 18.9 Å². The third-order valence-electron chi connectivity index (χ3n) is 3.12. The van der Waals surface area contributed by atoms with Crippen LogP contribution in [-0.2, 0) is 5.60 Å². The first-order valence-corrected chi connectivity index (χ1v) is 6.70. The number of hydrogen-bond acceptors (Lipinski definition) is 4. The fourth-order valence-electron chi connectivity index (χ4n) is 2.15. The van der Waals surface area contributed by atoms with E-state index >= 15 is 0 Å². The predicted molar refractivity (Wildman–Crippen MR) is 70.0 cm³/mol. The number of benzene rings is 1. The van der Waals surface area contributed by atoms with E-state index in [1.165, 1.54) is 0 Å². The highest BCUT2D eigenvalue weighted by molar-refractivity contribution is 8.00. The maximum absolute atomic E-state index is 10.6. The number of hydrogen-bond donors (Lipinski definition) is 1. The van der Waals surface area contributed by atoms with Gasteiger partial charge in [-0.1, -0.05) is 6.92 Å². The molecule has 94 valence electrons. The number of rotatable bonds is 3. The van der Waals surface area contributed by atoms with E-state index in [1.54, 1.807) is 26.0 Å². The van der Waals surface area contributed by atoms with Gasteiger partial charge >= 0.3 is 0 Å². The lowest BCUT2D eigenvalue weighted by atomic mass is 9.91. The second-order valence-electron chi connectivity index (χ2n) is 4.46. The van der Waals surface area contributed by atoms with Crippen LogP contribution in [0.3, 0.4) is 0 Å². The highest BCUT2D eigenvalue weighted by atomic mass is 32.2. The van der Waals surface area contributed by atoms with Crippen LogP contribution in [0.15, 0.2) is 18.2 Å². The van der Waals surface area contributed by atoms with Gasteiger partial charge in [0, 0.05) is 17.1 Å². The maximum atomic E-state index is 10.6. The summed E-state index contributed by atoms with van der Waals surface area (Å²) in [5.41, 5.74) is 0.122. The van der Waals surface area contributed by atoms with E-state index in [0.717, 1.165) is 29.2 Å². The van der Waals surface area contributed by atoms with Crippen molar-refractivity contribution in [1.82, 2.24) is 0 Å². The number of thioether (sulfide) groups is 1. The van der Waals surface area contributed by atoms with Crippen molar-refractivity contribution in [2.24, 2.45) is 0 Å². The van der Waals surface area contributed by atoms with E-state index in [2.05, 4.69) is 6.92 Å². The van der Waals surface area contributed by atoms with Gasteiger partial charge in [0.15, 0.2) is 0 Å². The number of ether oxygens (including phenoxy) is 2. The Kier molecular flexibility index (Phi) is 3.54. The largest absolute Gasteiger partial charge is 0.497 e. The third kappa shape index (κ3) is 2.53. The molecule has 0 aromatic heterocycles. The smallest absolute Gasteiger partial charge is 0.122 e. The SMILES string of the molecule is COc1cc(OC)cc(C2(O)CSC(C)C2)c1. The standard InChI is InChI=1S/C13H18O3S/c1-9-7-13(14,8-17-9)10-4-11(15-2)6-12(5-10)16-3/h4-6,9,14H,7-8H2,1-3H3. The zero-order valence-electron chi connectivity index (χ0n) is 10.4. The Labute approximate surface area is 106 Å². The second kappa shape index (κ2) is 4.78. The lowest BCUT2D eigenvalue weighted by Crippen LogP contribution is -2.25. The van der Waals surface area contributed by atoms with Crippen molar-refractivity contribution in [2.45, 2.75) is 24.2 Å². The molecule has 2 rings (SSSR count). The topological polar surface area (TPSA) is 38.7 Å². The molecule has 1 aromatic rings. The highest BCUT2D eigenvalue weighted by Crippen LogP contribution is 2.43. The molecular weight excluding hydrogens is 236 g/mol. The van der Waals surface area contributed by atoms with Gasteiger partial charge in [-0.3, -0.25) is 0 Å². The van der Waals surface area contributed by atoms with Crippen molar-refractivity contribution in [1.29, 1.82) is 0 Å². The summed E-state index contributed by atoms with van der Waals surface area (Å²) in [5, 5.41) is 11.1. The third-order valence-corrected chi connectivity index (χ3v) is 4.50. The van der Waals surface area contributed by atoms with Crippen molar-refractivity contribution < 1.29 is 14.6 Å². The van der Waals surface area contributed by atoms with Gasteiger partial charge in [-0.2, -0.15) is 11.8 Å². The summed E-state index contributed by atoms with van der Waals surface area (Å²) < 4.78 is 10.5. The van der Waals surface area contributed by atoms with E-state index in [9.17, 15) is 5.11 Å². The van der Waals surface area contributed by atoms with Crippen LogP contribution in [0.5, 0.6) is 11.5 Å². The summed E-state index contributed by atoms with van der Waals surface area (Å²) in [6.45, 7) is 2.14. The molecule has 0 amide bonds. The first kappa shape index (κ1) is 12.6. The van der Waals surface area contributed by atoms with Gasteiger partial charge in [0.05, 0.1) is 19.8 Å². The highest BCUT2D eigenvalue weighted by Gasteiger charge is 2.38. The zero-order valence-corrected chi connectivity index (χ0v) is 11.2. The summed E-state index contributed by atoms with van der Waals surface area (Å²) in [5.74, 6) is 2.17. The fraction of sp³-hybridized carbons (Fsp3) is 0.538. The average molecular weight is 254 g/mol. The molecule has 1 fully saturated rings. The Balaban J connectivity index is 2.37. The Hall–Kier alpha value is -0.870. The lowest BCUT2D eigenvalue weighted by Gasteiger charge is -2.23. The maximum Gasteiger partial charge on any atom is 0.122 e. The normalized spacial score (nSPS) is 28.1. The molecule has 2 atom stereocenters. The van der Waals surface area contributed by atoms with Crippen LogP contribution in [0.25, 0.3) is 0 Å². The van der Waals surface area contributed by atoms with Gasteiger partial charge in [0.2, 0.25) is 0 Å². The van der Waals surface area contributed by atoms with Gasteiger partial charge in [-0.25, -0.2) is 0 Å². The van der Waals surface area contributed by atoms with Crippen LogP contribution < -0.4 is 9.47 Å². The average Bonchev–Trinajstić information content (AvgIpc) is 2.70. The molecule has 1 N–H and O–H groups in total. The first-order valence-electron chi connectivity index (χ1n) is 5.65. The molecule has 0 spiro atoms. The van der Waals surface area contributed by atoms with Crippen LogP contribution in [-0.4, -0.2) is 30.3 Å². The quantitative estimate of drug-likeness (QED) is 0.899. The molecule has 1 heterocycles. The van der Waals surface area contributed by atoms with E-state index in [4.69, 9.17) is 9.47 Å². The number of methoxy groups -OCH3 is 2. The Bertz CT molecular complexity index is 385. The summed E-state index contributed by atoms with van der Waals surface area (Å²) in [6, 6.07) is 5.60. The summed E-state index contributed by atoms with van der Waals surface area (Å²) in [4.78, 5) is 0. The lowest BCUT2D eigenvalue weighted by molar-refractivity contribution is 0.0607. The van der Waals surface area contributed by atoms with Crippen molar-refractivity contribution in [3.05, 3.63) is 23.8 Å². The Morgan fingerprint density at radius 1 is 1.24 bits per heavy atom. The van der Waals surface area contributed by atoms with E-state index in [0.29, 0.717) is 5.25 Å². The molecule has 1 aliphatic rings. The van der Waals surface area contributed by atoms with Gasteiger partial charge < -0.3 is 14.6 Å². The molecule has 4 heteroatoms. The van der Waals surface area contributed by atoms with Gasteiger partial charge in [-0.15, -0.1) is 0 Å². The molecule has 0 bridgehead atoms. The van der Waals surface area contributed by atoms with Gasteiger partial charge in [0.25, 0.3) is 0 Å². The van der Waals surface area contributed by atoms with E-state index in [-0.39, 0.29) is 0 Å². The number of aliphatic hydroxyl groups is 1. The summed E-state index contributed by atoms with van der Waals surface area (Å²) in [6.07, 6.45) is 0.772. The monoisotopic (exact) mass is 254 g/mol. The van der Waals surface area contributed by atoms with Crippen molar-refractivity contribution >= 4 is 11.8 Å². The molecule has 1 aliphatic heterocycles. The molecule has 3 nitrogen and oxygen atoms in total. The minimum atomic E-state index is -0.758. The first-order chi connectivity index (χ1) is 8.07. The fourth-order valence-corrected chi connectivity index (χ4v) is 3.39. The van der Waals surface area contributed by atoms with Crippen molar-refractivity contribution in [3.8, 4) is 11.5 Å². The predicted octanol–water partition coefficient (Wildman–Crippen LogP) is 2.42. The molecule has 0 saturated carbocycles. The molecular formula is C13H18O3S. The van der Waals surface area contributed by atoms with Crippen LogP contribution in [0, 0.1) is 0 Å². The van der Waals surface area contributed by atoms with Crippen LogP contribution >= 0.6 is 11.8 Å². The van der Waals surface area contributed by atoms with Gasteiger partial charge in [-0.05, 0) is 24.1 Å². The molecule has 1 aromatic carbocycles. The summed E-state index contributed by atoms with van der Waals surface area (Å²) >= 11 is 1.79. The van der Waals surface area contributed by atoms with Crippen molar-refractivity contribution in [3.63, 3.8) is 0 Å². The molecule has 0 aliphatic carbocycles. The van der Waals surface area contributed by atoms with Crippen LogP contribution in [0.4, 0.5) is 0 Å². The second-order valence-corrected chi connectivity index (χ2v) is 5.89. The van der Waals surface area contributed by atoms with Gasteiger partial charge in [0.1, 0.15) is 11.5 Å². The molecule has 0 radical (unpaired) electrons. The minimum absolute atomic E-state index is 0.484. The Morgan fingerprint density at radius 3 is 2.24 bits per heavy atom. The van der Waals surface area contributed by atoms with Crippen LogP contribution in [0.2, 0.25) is 0 Å². The minimum Gasteiger partial charge on any atom is -0.497 e. The van der Waals surface area contributed by atoms with E-state index < -0.39 is 5.60 Å². The zero-order chi connectivity index (χ0) is 12.5. The molecule has 2 unspecified atom stereocenters. The molecule has 17 heavy (non-hydrogen) atoms. The summed E-state index contributed by atoms with van der Waals surface area (Å²) in [7, 11) is 3.24. The van der Waals surface area contributed by atoms with Crippen molar-refractivity contribution in [2.75, 3.05) is 20.0 Å².